The average Bonchev–Trinajstić information content (AvgIpc) is 3.42. The minimum atomic E-state index is -0.237. The highest BCUT2D eigenvalue weighted by molar-refractivity contribution is 5.92. The summed E-state index contributed by atoms with van der Waals surface area (Å²) in [6, 6.07) is 12.3. The summed E-state index contributed by atoms with van der Waals surface area (Å²) in [4.78, 5) is 18.7. The van der Waals surface area contributed by atoms with Crippen molar-refractivity contribution < 1.29 is 9.32 Å². The number of piperidine rings is 1. The summed E-state index contributed by atoms with van der Waals surface area (Å²) in [7, 11) is 0. The Morgan fingerprint density at radius 3 is 2.80 bits per heavy atom. The number of nitrogens with one attached hydrogen (secondary N) is 1. The molecule has 0 unspecified atom stereocenters. The van der Waals surface area contributed by atoms with E-state index in [0.29, 0.717) is 18.8 Å². The summed E-state index contributed by atoms with van der Waals surface area (Å²) in [6.07, 6.45) is 6.60. The zero-order chi connectivity index (χ0) is 20.8. The van der Waals surface area contributed by atoms with Gasteiger partial charge in [0.05, 0.1) is 13.1 Å². The van der Waals surface area contributed by atoms with Gasteiger partial charge in [0.2, 0.25) is 0 Å². The molecule has 1 N–H and O–H groups in total. The molecule has 3 heterocycles. The molecule has 1 aliphatic rings. The van der Waals surface area contributed by atoms with Crippen LogP contribution >= 0.6 is 0 Å². The molecule has 3 aromatic rings. The van der Waals surface area contributed by atoms with E-state index in [1.54, 1.807) is 17.1 Å². The second kappa shape index (κ2) is 9.67. The van der Waals surface area contributed by atoms with Crippen LogP contribution in [-0.4, -0.2) is 49.9 Å². The van der Waals surface area contributed by atoms with Crippen molar-refractivity contribution in [3.63, 3.8) is 0 Å². The molecule has 1 saturated heterocycles. The number of amides is 1. The van der Waals surface area contributed by atoms with E-state index >= 15 is 0 Å². The highest BCUT2D eigenvalue weighted by Gasteiger charge is 2.22. The lowest BCUT2D eigenvalue weighted by molar-refractivity contribution is 0.0926. The van der Waals surface area contributed by atoms with Gasteiger partial charge in [0, 0.05) is 12.1 Å². The van der Waals surface area contributed by atoms with Gasteiger partial charge in [-0.3, -0.25) is 14.4 Å². The Morgan fingerprint density at radius 1 is 1.27 bits per heavy atom. The molecule has 1 amide bonds. The van der Waals surface area contributed by atoms with Crippen LogP contribution in [0.4, 0.5) is 0 Å². The molecule has 8 heteroatoms. The van der Waals surface area contributed by atoms with Crippen LogP contribution in [0.25, 0.3) is 0 Å². The van der Waals surface area contributed by atoms with Crippen LogP contribution in [0.2, 0.25) is 0 Å². The van der Waals surface area contributed by atoms with Gasteiger partial charge >= 0.3 is 0 Å². The normalized spacial score (nSPS) is 16.4. The molecule has 1 fully saturated rings. The predicted octanol–water partition coefficient (Wildman–Crippen LogP) is 2.54. The number of benzene rings is 1. The van der Waals surface area contributed by atoms with Gasteiger partial charge < -0.3 is 9.84 Å². The first-order chi connectivity index (χ1) is 14.7. The van der Waals surface area contributed by atoms with Gasteiger partial charge in [0.1, 0.15) is 12.7 Å². The predicted molar refractivity (Wildman–Crippen MR) is 112 cm³/mol. The minimum absolute atomic E-state index is 0.0945. The number of hydrogen-bond donors (Lipinski definition) is 1. The molecule has 0 spiro atoms. The summed E-state index contributed by atoms with van der Waals surface area (Å²) < 4.78 is 7.10. The lowest BCUT2D eigenvalue weighted by Crippen LogP contribution is -2.36. The Balaban J connectivity index is 1.22. The monoisotopic (exact) mass is 408 g/mol. The molecular weight excluding hydrogens is 380 g/mol. The Labute approximate surface area is 176 Å². The summed E-state index contributed by atoms with van der Waals surface area (Å²) in [5.41, 5.74) is 1.73. The van der Waals surface area contributed by atoms with Crippen molar-refractivity contribution >= 4 is 5.91 Å². The van der Waals surface area contributed by atoms with E-state index in [-0.39, 0.29) is 11.9 Å². The molecule has 1 aromatic carbocycles. The lowest BCUT2D eigenvalue weighted by atomic mass is 9.90. The third kappa shape index (κ3) is 5.54. The molecule has 8 nitrogen and oxygen atoms in total. The lowest BCUT2D eigenvalue weighted by Gasteiger charge is -2.31. The molecule has 30 heavy (non-hydrogen) atoms. The van der Waals surface area contributed by atoms with Gasteiger partial charge in [-0.05, 0) is 50.8 Å². The molecule has 0 bridgehead atoms. The average molecular weight is 409 g/mol. The summed E-state index contributed by atoms with van der Waals surface area (Å²) in [6.45, 7) is 5.23. The Kier molecular flexibility index (Phi) is 6.53. The molecule has 2 aromatic heterocycles. The summed E-state index contributed by atoms with van der Waals surface area (Å²) >= 11 is 0. The molecule has 158 valence electrons. The van der Waals surface area contributed by atoms with Gasteiger partial charge in [-0.2, -0.15) is 5.10 Å². The minimum Gasteiger partial charge on any atom is -0.359 e. The van der Waals surface area contributed by atoms with E-state index in [2.05, 4.69) is 55.8 Å². The second-order valence-corrected chi connectivity index (χ2v) is 8.08. The Morgan fingerprint density at radius 2 is 2.07 bits per heavy atom. The SMILES string of the molecule is C[C@H](Cn1cncn1)NC(=O)c1cc(CN2CCC(Cc3ccccc3)CC2)on1. The van der Waals surface area contributed by atoms with Crippen LogP contribution in [-0.2, 0) is 19.5 Å². The third-order valence-electron chi connectivity index (χ3n) is 5.55. The number of aromatic nitrogens is 4. The standard InChI is InChI=1S/C22H28N6O2/c1-17(13-28-16-23-15-24-28)25-22(29)21-12-20(30-26-21)14-27-9-7-19(8-10-27)11-18-5-3-2-4-6-18/h2-6,12,15-17,19H,7-11,13-14H2,1H3,(H,25,29)/t17-/m1/s1. The maximum absolute atomic E-state index is 12.4. The number of likely N-dealkylation sites (tertiary alicyclic amines) is 1. The quantitative estimate of drug-likeness (QED) is 0.616. The number of hydrogen-bond acceptors (Lipinski definition) is 6. The van der Waals surface area contributed by atoms with E-state index in [4.69, 9.17) is 4.52 Å². The topological polar surface area (TPSA) is 89.1 Å². The number of nitrogens with zero attached hydrogens (tertiary/aromatic N) is 5. The van der Waals surface area contributed by atoms with Crippen LogP contribution < -0.4 is 5.32 Å². The molecule has 4 rings (SSSR count). The molecular formula is C22H28N6O2. The van der Waals surface area contributed by atoms with E-state index in [0.717, 1.165) is 31.2 Å². The van der Waals surface area contributed by atoms with E-state index in [1.165, 1.54) is 24.7 Å². The van der Waals surface area contributed by atoms with Crippen LogP contribution in [0.5, 0.6) is 0 Å². The van der Waals surface area contributed by atoms with Crippen molar-refractivity contribution in [2.24, 2.45) is 5.92 Å². The highest BCUT2D eigenvalue weighted by atomic mass is 16.5. The molecule has 0 saturated carbocycles. The first-order valence-corrected chi connectivity index (χ1v) is 10.5. The van der Waals surface area contributed by atoms with Gasteiger partial charge in [-0.15, -0.1) is 0 Å². The van der Waals surface area contributed by atoms with Crippen molar-refractivity contribution in [1.29, 1.82) is 0 Å². The first kappa shape index (κ1) is 20.3. The number of carbonyl (C=O) groups is 1. The zero-order valence-electron chi connectivity index (χ0n) is 17.3. The molecule has 0 aliphatic carbocycles. The van der Waals surface area contributed by atoms with Crippen LogP contribution in [0.3, 0.4) is 0 Å². The van der Waals surface area contributed by atoms with Crippen molar-refractivity contribution in [3.05, 3.63) is 66.1 Å². The van der Waals surface area contributed by atoms with Crippen molar-refractivity contribution in [3.8, 4) is 0 Å². The Bertz CT molecular complexity index is 916. The second-order valence-electron chi connectivity index (χ2n) is 8.08. The fraction of sp³-hybridized carbons (Fsp3) is 0.455. The first-order valence-electron chi connectivity index (χ1n) is 10.5. The van der Waals surface area contributed by atoms with Crippen molar-refractivity contribution in [2.45, 2.75) is 45.3 Å². The Hall–Kier alpha value is -3.00. The van der Waals surface area contributed by atoms with Gasteiger partial charge in [-0.1, -0.05) is 35.5 Å². The van der Waals surface area contributed by atoms with E-state index in [9.17, 15) is 4.79 Å². The smallest absolute Gasteiger partial charge is 0.273 e. The number of carbonyl (C=O) groups excluding carboxylic acids is 1. The fourth-order valence-corrected chi connectivity index (χ4v) is 3.96. The molecule has 1 aliphatic heterocycles. The van der Waals surface area contributed by atoms with Gasteiger partial charge in [0.25, 0.3) is 5.91 Å². The van der Waals surface area contributed by atoms with Crippen LogP contribution in [0, 0.1) is 5.92 Å². The van der Waals surface area contributed by atoms with Crippen molar-refractivity contribution in [2.75, 3.05) is 13.1 Å². The van der Waals surface area contributed by atoms with Crippen molar-refractivity contribution in [1.82, 2.24) is 30.1 Å². The van der Waals surface area contributed by atoms with Gasteiger partial charge in [-0.25, -0.2) is 4.98 Å². The summed E-state index contributed by atoms with van der Waals surface area (Å²) in [5, 5.41) is 10.9. The largest absolute Gasteiger partial charge is 0.359 e. The van der Waals surface area contributed by atoms with E-state index in [1.807, 2.05) is 6.92 Å². The fourth-order valence-electron chi connectivity index (χ4n) is 3.96. The molecule has 1 atom stereocenters. The maximum atomic E-state index is 12.4. The third-order valence-corrected chi connectivity index (χ3v) is 5.55. The number of rotatable bonds is 8. The highest BCUT2D eigenvalue weighted by Crippen LogP contribution is 2.23. The zero-order valence-corrected chi connectivity index (χ0v) is 17.3. The van der Waals surface area contributed by atoms with Crippen LogP contribution in [0.15, 0.2) is 53.6 Å². The maximum Gasteiger partial charge on any atom is 0.273 e. The molecule has 0 radical (unpaired) electrons. The summed E-state index contributed by atoms with van der Waals surface area (Å²) in [5.74, 6) is 1.22. The van der Waals surface area contributed by atoms with E-state index < -0.39 is 0 Å². The van der Waals surface area contributed by atoms with Crippen LogP contribution in [0.1, 0.15) is 41.6 Å². The van der Waals surface area contributed by atoms with Gasteiger partial charge in [0.15, 0.2) is 11.5 Å².